The summed E-state index contributed by atoms with van der Waals surface area (Å²) in [5.41, 5.74) is 2.56. The zero-order valence-electron chi connectivity index (χ0n) is 12.6. The molecule has 20 heavy (non-hydrogen) atoms. The van der Waals surface area contributed by atoms with Crippen LogP contribution in [0.1, 0.15) is 23.9 Å². The fourth-order valence-corrected chi connectivity index (χ4v) is 2.07. The van der Waals surface area contributed by atoms with Crippen LogP contribution in [0.2, 0.25) is 0 Å². The molecule has 0 aliphatic rings. The van der Waals surface area contributed by atoms with E-state index < -0.39 is 0 Å². The molecule has 4 heteroatoms. The molecule has 1 N–H and O–H groups in total. The van der Waals surface area contributed by atoms with Gasteiger partial charge in [-0.05, 0) is 26.3 Å². The van der Waals surface area contributed by atoms with E-state index >= 15 is 0 Å². The first-order valence-electron chi connectivity index (χ1n) is 6.94. The second-order valence-electron chi connectivity index (χ2n) is 5.03. The Kier molecular flexibility index (Phi) is 4.56. The predicted octanol–water partition coefficient (Wildman–Crippen LogP) is 3.16. The molecule has 2 aromatic rings. The van der Waals surface area contributed by atoms with Gasteiger partial charge in [-0.3, -0.25) is 0 Å². The number of aromatic nitrogens is 2. The standard InChI is InChI=1S/C16H22N4/c1-5-17-15-10-16(19-13(3)18-15)20(4)11-14-8-6-12(2)7-9-14/h6-10H,5,11H2,1-4H3,(H,17,18,19). The Morgan fingerprint density at radius 1 is 1.10 bits per heavy atom. The number of nitrogens with one attached hydrogen (secondary N) is 1. The summed E-state index contributed by atoms with van der Waals surface area (Å²) < 4.78 is 0. The van der Waals surface area contributed by atoms with Gasteiger partial charge in [-0.1, -0.05) is 29.8 Å². The van der Waals surface area contributed by atoms with Crippen molar-refractivity contribution in [2.75, 3.05) is 23.8 Å². The van der Waals surface area contributed by atoms with Gasteiger partial charge in [0.15, 0.2) is 0 Å². The highest BCUT2D eigenvalue weighted by atomic mass is 15.2. The quantitative estimate of drug-likeness (QED) is 0.906. The van der Waals surface area contributed by atoms with Crippen molar-refractivity contribution in [1.82, 2.24) is 9.97 Å². The van der Waals surface area contributed by atoms with Gasteiger partial charge in [-0.15, -0.1) is 0 Å². The van der Waals surface area contributed by atoms with Gasteiger partial charge in [0.25, 0.3) is 0 Å². The van der Waals surface area contributed by atoms with Crippen molar-refractivity contribution in [3.05, 3.63) is 47.3 Å². The van der Waals surface area contributed by atoms with Gasteiger partial charge >= 0.3 is 0 Å². The summed E-state index contributed by atoms with van der Waals surface area (Å²) in [5.74, 6) is 2.61. The Balaban J connectivity index is 2.15. The summed E-state index contributed by atoms with van der Waals surface area (Å²) in [6, 6.07) is 10.6. The lowest BCUT2D eigenvalue weighted by Crippen LogP contribution is -2.19. The molecule has 1 aromatic carbocycles. The van der Waals surface area contributed by atoms with E-state index in [2.05, 4.69) is 65.3 Å². The molecule has 0 aliphatic carbocycles. The molecule has 0 fully saturated rings. The number of hydrogen-bond donors (Lipinski definition) is 1. The Labute approximate surface area is 120 Å². The Morgan fingerprint density at radius 2 is 1.80 bits per heavy atom. The Bertz CT molecular complexity index is 563. The highest BCUT2D eigenvalue weighted by Crippen LogP contribution is 2.17. The van der Waals surface area contributed by atoms with E-state index in [4.69, 9.17) is 0 Å². The molecule has 106 valence electrons. The van der Waals surface area contributed by atoms with E-state index in [0.29, 0.717) is 0 Å². The van der Waals surface area contributed by atoms with Crippen molar-refractivity contribution in [2.24, 2.45) is 0 Å². The van der Waals surface area contributed by atoms with E-state index in [0.717, 1.165) is 30.5 Å². The number of anilines is 2. The number of aryl methyl sites for hydroxylation is 2. The maximum Gasteiger partial charge on any atom is 0.134 e. The van der Waals surface area contributed by atoms with Crippen molar-refractivity contribution in [3.8, 4) is 0 Å². The monoisotopic (exact) mass is 270 g/mol. The number of rotatable bonds is 5. The van der Waals surface area contributed by atoms with Crippen LogP contribution in [0.25, 0.3) is 0 Å². The van der Waals surface area contributed by atoms with E-state index in [-0.39, 0.29) is 0 Å². The fraction of sp³-hybridized carbons (Fsp3) is 0.375. The molecular formula is C16H22N4. The van der Waals surface area contributed by atoms with Gasteiger partial charge in [0.05, 0.1) is 0 Å². The molecule has 0 aliphatic heterocycles. The highest BCUT2D eigenvalue weighted by Gasteiger charge is 2.07. The molecule has 0 unspecified atom stereocenters. The molecule has 1 aromatic heterocycles. The maximum atomic E-state index is 4.50. The lowest BCUT2D eigenvalue weighted by atomic mass is 10.1. The molecule has 0 amide bonds. The Hall–Kier alpha value is -2.10. The van der Waals surface area contributed by atoms with E-state index in [1.807, 2.05) is 13.0 Å². The molecule has 0 bridgehead atoms. The molecule has 0 saturated heterocycles. The van der Waals surface area contributed by atoms with Crippen LogP contribution in [-0.2, 0) is 6.54 Å². The van der Waals surface area contributed by atoms with Gasteiger partial charge in [0.2, 0.25) is 0 Å². The molecule has 1 heterocycles. The summed E-state index contributed by atoms with van der Waals surface area (Å²) in [5, 5.41) is 3.24. The van der Waals surface area contributed by atoms with Crippen LogP contribution >= 0.6 is 0 Å². The van der Waals surface area contributed by atoms with Gasteiger partial charge < -0.3 is 10.2 Å². The lowest BCUT2D eigenvalue weighted by molar-refractivity contribution is 0.878. The van der Waals surface area contributed by atoms with Crippen molar-refractivity contribution >= 4 is 11.6 Å². The zero-order valence-corrected chi connectivity index (χ0v) is 12.6. The van der Waals surface area contributed by atoms with E-state index in [1.54, 1.807) is 0 Å². The first-order chi connectivity index (χ1) is 9.58. The highest BCUT2D eigenvalue weighted by molar-refractivity contribution is 5.49. The minimum Gasteiger partial charge on any atom is -0.370 e. The second-order valence-corrected chi connectivity index (χ2v) is 5.03. The molecular weight excluding hydrogens is 248 g/mol. The van der Waals surface area contributed by atoms with Gasteiger partial charge in [0, 0.05) is 26.2 Å². The third-order valence-corrected chi connectivity index (χ3v) is 3.11. The van der Waals surface area contributed by atoms with E-state index in [1.165, 1.54) is 11.1 Å². The van der Waals surface area contributed by atoms with Gasteiger partial charge in [-0.25, -0.2) is 9.97 Å². The van der Waals surface area contributed by atoms with Crippen LogP contribution in [0.15, 0.2) is 30.3 Å². The summed E-state index contributed by atoms with van der Waals surface area (Å²) >= 11 is 0. The maximum absolute atomic E-state index is 4.50. The summed E-state index contributed by atoms with van der Waals surface area (Å²) in [4.78, 5) is 11.0. The second kappa shape index (κ2) is 6.37. The summed E-state index contributed by atoms with van der Waals surface area (Å²) in [6.07, 6.45) is 0. The van der Waals surface area contributed by atoms with Crippen LogP contribution in [0.3, 0.4) is 0 Å². The van der Waals surface area contributed by atoms with Crippen molar-refractivity contribution in [2.45, 2.75) is 27.3 Å². The van der Waals surface area contributed by atoms with Crippen LogP contribution in [0, 0.1) is 13.8 Å². The molecule has 0 spiro atoms. The number of nitrogens with zero attached hydrogens (tertiary/aromatic N) is 3. The minimum atomic E-state index is 0.786. The summed E-state index contributed by atoms with van der Waals surface area (Å²) in [6.45, 7) is 7.78. The molecule has 4 nitrogen and oxygen atoms in total. The topological polar surface area (TPSA) is 41.0 Å². The molecule has 0 radical (unpaired) electrons. The first kappa shape index (κ1) is 14.3. The summed E-state index contributed by atoms with van der Waals surface area (Å²) in [7, 11) is 2.05. The normalized spacial score (nSPS) is 10.4. The smallest absolute Gasteiger partial charge is 0.134 e. The van der Waals surface area contributed by atoms with Crippen molar-refractivity contribution in [1.29, 1.82) is 0 Å². The fourth-order valence-electron chi connectivity index (χ4n) is 2.07. The first-order valence-corrected chi connectivity index (χ1v) is 6.94. The molecule has 0 atom stereocenters. The minimum absolute atomic E-state index is 0.786. The van der Waals surface area contributed by atoms with E-state index in [9.17, 15) is 0 Å². The largest absolute Gasteiger partial charge is 0.370 e. The lowest BCUT2D eigenvalue weighted by Gasteiger charge is -2.19. The van der Waals surface area contributed by atoms with Crippen LogP contribution in [0.5, 0.6) is 0 Å². The Morgan fingerprint density at radius 3 is 2.45 bits per heavy atom. The third kappa shape index (κ3) is 3.70. The van der Waals surface area contributed by atoms with Crippen molar-refractivity contribution < 1.29 is 0 Å². The molecule has 0 saturated carbocycles. The number of benzene rings is 1. The molecule has 2 rings (SSSR count). The predicted molar refractivity (Wildman–Crippen MR) is 84.2 cm³/mol. The van der Waals surface area contributed by atoms with Gasteiger partial charge in [-0.2, -0.15) is 0 Å². The third-order valence-electron chi connectivity index (χ3n) is 3.11. The average Bonchev–Trinajstić information content (AvgIpc) is 2.41. The van der Waals surface area contributed by atoms with Crippen LogP contribution < -0.4 is 10.2 Å². The van der Waals surface area contributed by atoms with Crippen molar-refractivity contribution in [3.63, 3.8) is 0 Å². The van der Waals surface area contributed by atoms with Crippen LogP contribution in [0.4, 0.5) is 11.6 Å². The van der Waals surface area contributed by atoms with Gasteiger partial charge in [0.1, 0.15) is 17.5 Å². The van der Waals surface area contributed by atoms with Crippen LogP contribution in [-0.4, -0.2) is 23.6 Å². The SMILES string of the molecule is CCNc1cc(N(C)Cc2ccc(C)cc2)nc(C)n1. The average molecular weight is 270 g/mol. The zero-order chi connectivity index (χ0) is 14.5. The number of hydrogen-bond acceptors (Lipinski definition) is 4.